The highest BCUT2D eigenvalue weighted by molar-refractivity contribution is 9.10. The van der Waals surface area contributed by atoms with E-state index in [-0.39, 0.29) is 11.7 Å². The van der Waals surface area contributed by atoms with Gasteiger partial charge in [0.25, 0.3) is 0 Å². The molecule has 3 nitrogen and oxygen atoms in total. The number of halogens is 1. The fourth-order valence-electron chi connectivity index (χ4n) is 3.11. The summed E-state index contributed by atoms with van der Waals surface area (Å²) in [6.07, 6.45) is 5.18. The topological polar surface area (TPSA) is 35.5 Å². The van der Waals surface area contributed by atoms with Gasteiger partial charge in [-0.3, -0.25) is 4.79 Å². The number of carbonyl (C=O) groups is 1. The van der Waals surface area contributed by atoms with Crippen LogP contribution in [0.15, 0.2) is 16.6 Å². The van der Waals surface area contributed by atoms with Crippen LogP contribution < -0.4 is 9.47 Å². The number of hydrogen-bond acceptors (Lipinski definition) is 3. The molecule has 3 rings (SSSR count). The van der Waals surface area contributed by atoms with E-state index in [1.54, 1.807) is 0 Å². The van der Waals surface area contributed by atoms with Crippen molar-refractivity contribution in [2.45, 2.75) is 39.0 Å². The Labute approximate surface area is 134 Å². The number of rotatable bonds is 2. The van der Waals surface area contributed by atoms with Gasteiger partial charge in [0.1, 0.15) is 0 Å². The average molecular weight is 353 g/mol. The molecular weight excluding hydrogens is 332 g/mol. The summed E-state index contributed by atoms with van der Waals surface area (Å²) in [6.45, 7) is 3.57. The lowest BCUT2D eigenvalue weighted by atomic mass is 9.79. The highest BCUT2D eigenvalue weighted by atomic mass is 79.9. The summed E-state index contributed by atoms with van der Waals surface area (Å²) in [4.78, 5) is 12.8. The molecule has 0 atom stereocenters. The van der Waals surface area contributed by atoms with Gasteiger partial charge in [-0.25, -0.2) is 0 Å². The quantitative estimate of drug-likeness (QED) is 0.728. The first-order valence-corrected chi connectivity index (χ1v) is 8.58. The van der Waals surface area contributed by atoms with Gasteiger partial charge in [-0.05, 0) is 46.8 Å². The lowest BCUT2D eigenvalue weighted by Gasteiger charge is -2.25. The second-order valence-corrected chi connectivity index (χ2v) is 7.00. The van der Waals surface area contributed by atoms with Gasteiger partial charge in [-0.1, -0.05) is 19.8 Å². The Kier molecular flexibility index (Phi) is 4.53. The maximum absolute atomic E-state index is 12.8. The molecule has 0 unspecified atom stereocenters. The highest BCUT2D eigenvalue weighted by Gasteiger charge is 2.27. The summed E-state index contributed by atoms with van der Waals surface area (Å²) in [5, 5.41) is 0. The van der Waals surface area contributed by atoms with Crippen molar-refractivity contribution in [3.05, 3.63) is 22.2 Å². The Balaban J connectivity index is 1.84. The summed E-state index contributed by atoms with van der Waals surface area (Å²) in [5.41, 5.74) is 0.735. The fraction of sp³-hybridized carbons (Fsp3) is 0.588. The molecule has 0 amide bonds. The summed E-state index contributed by atoms with van der Waals surface area (Å²) >= 11 is 3.52. The van der Waals surface area contributed by atoms with Gasteiger partial charge in [0.2, 0.25) is 0 Å². The summed E-state index contributed by atoms with van der Waals surface area (Å²) in [7, 11) is 0. The number of benzene rings is 1. The smallest absolute Gasteiger partial charge is 0.167 e. The van der Waals surface area contributed by atoms with E-state index >= 15 is 0 Å². The molecular formula is C17H21BrO3. The van der Waals surface area contributed by atoms with Crippen LogP contribution >= 0.6 is 15.9 Å². The van der Waals surface area contributed by atoms with Crippen LogP contribution in [-0.4, -0.2) is 19.0 Å². The molecule has 2 aliphatic rings. The third kappa shape index (κ3) is 3.25. The van der Waals surface area contributed by atoms with Crippen LogP contribution in [0.5, 0.6) is 11.5 Å². The lowest BCUT2D eigenvalue weighted by molar-refractivity contribution is 0.0874. The van der Waals surface area contributed by atoms with Crippen LogP contribution in [0.1, 0.15) is 49.4 Å². The molecule has 0 bridgehead atoms. The number of hydrogen-bond donors (Lipinski definition) is 0. The number of Topliss-reactive ketones (excluding diaryl/α,β-unsaturated/α-hetero) is 1. The SMILES string of the molecule is CC1CCC(C(=O)c2cc3c(cc2Br)OCCCO3)CC1. The zero-order chi connectivity index (χ0) is 14.8. The second-order valence-electron chi connectivity index (χ2n) is 6.15. The van der Waals surface area contributed by atoms with Gasteiger partial charge in [0.05, 0.1) is 13.2 Å². The zero-order valence-electron chi connectivity index (χ0n) is 12.4. The summed E-state index contributed by atoms with van der Waals surface area (Å²) < 4.78 is 12.2. The molecule has 1 aliphatic carbocycles. The molecule has 1 saturated carbocycles. The van der Waals surface area contributed by atoms with Gasteiger partial charge in [0.15, 0.2) is 17.3 Å². The molecule has 1 aromatic rings. The van der Waals surface area contributed by atoms with Crippen LogP contribution in [0.4, 0.5) is 0 Å². The van der Waals surface area contributed by atoms with Crippen LogP contribution in [0.3, 0.4) is 0 Å². The second kappa shape index (κ2) is 6.39. The van der Waals surface area contributed by atoms with Crippen LogP contribution in [-0.2, 0) is 0 Å². The maximum Gasteiger partial charge on any atom is 0.167 e. The molecule has 0 radical (unpaired) electrons. The minimum Gasteiger partial charge on any atom is -0.490 e. The first kappa shape index (κ1) is 14.9. The minimum atomic E-state index is 0.155. The standard InChI is InChI=1S/C17H21BrO3/c1-11-3-5-12(6-4-11)17(19)13-9-15-16(10-14(13)18)21-8-2-7-20-15/h9-12H,2-8H2,1H3. The van der Waals surface area contributed by atoms with Crippen LogP contribution in [0, 0.1) is 11.8 Å². The Morgan fingerprint density at radius 3 is 2.38 bits per heavy atom. The van der Waals surface area contributed by atoms with Crippen LogP contribution in [0.2, 0.25) is 0 Å². The predicted molar refractivity (Wildman–Crippen MR) is 85.2 cm³/mol. The lowest BCUT2D eigenvalue weighted by Crippen LogP contribution is -2.21. The molecule has 21 heavy (non-hydrogen) atoms. The van der Waals surface area contributed by atoms with Crippen molar-refractivity contribution in [2.24, 2.45) is 11.8 Å². The number of ketones is 1. The number of carbonyl (C=O) groups excluding carboxylic acids is 1. The molecule has 1 heterocycles. The molecule has 0 aromatic heterocycles. The van der Waals surface area contributed by atoms with Crippen molar-refractivity contribution in [2.75, 3.05) is 13.2 Å². The van der Waals surface area contributed by atoms with E-state index in [9.17, 15) is 4.79 Å². The summed E-state index contributed by atoms with van der Waals surface area (Å²) in [6, 6.07) is 3.73. The molecule has 0 N–H and O–H groups in total. The first-order chi connectivity index (χ1) is 10.1. The average Bonchev–Trinajstić information content (AvgIpc) is 2.71. The molecule has 1 aromatic carbocycles. The van der Waals surface area contributed by atoms with Gasteiger partial charge >= 0.3 is 0 Å². The van der Waals surface area contributed by atoms with Crippen molar-refractivity contribution < 1.29 is 14.3 Å². The van der Waals surface area contributed by atoms with E-state index in [1.807, 2.05) is 12.1 Å². The molecule has 0 spiro atoms. The van der Waals surface area contributed by atoms with Crippen molar-refractivity contribution in [3.63, 3.8) is 0 Å². The maximum atomic E-state index is 12.8. The molecule has 1 fully saturated rings. The highest BCUT2D eigenvalue weighted by Crippen LogP contribution is 2.38. The van der Waals surface area contributed by atoms with Crippen molar-refractivity contribution in [1.82, 2.24) is 0 Å². The van der Waals surface area contributed by atoms with E-state index < -0.39 is 0 Å². The van der Waals surface area contributed by atoms with Gasteiger partial charge in [-0.15, -0.1) is 0 Å². The van der Waals surface area contributed by atoms with E-state index in [4.69, 9.17) is 9.47 Å². The van der Waals surface area contributed by atoms with Gasteiger partial charge in [0, 0.05) is 22.4 Å². The van der Waals surface area contributed by atoms with E-state index in [2.05, 4.69) is 22.9 Å². The molecule has 4 heteroatoms. The molecule has 114 valence electrons. The fourth-order valence-corrected chi connectivity index (χ4v) is 3.63. The molecule has 1 aliphatic heterocycles. The largest absolute Gasteiger partial charge is 0.490 e. The van der Waals surface area contributed by atoms with E-state index in [0.717, 1.165) is 53.8 Å². The normalized spacial score (nSPS) is 25.2. The van der Waals surface area contributed by atoms with Gasteiger partial charge < -0.3 is 9.47 Å². The first-order valence-electron chi connectivity index (χ1n) is 7.78. The van der Waals surface area contributed by atoms with Crippen LogP contribution in [0.25, 0.3) is 0 Å². The van der Waals surface area contributed by atoms with E-state index in [0.29, 0.717) is 19.0 Å². The number of fused-ring (bicyclic) bond motifs is 1. The Bertz CT molecular complexity index is 533. The monoisotopic (exact) mass is 352 g/mol. The van der Waals surface area contributed by atoms with E-state index in [1.165, 1.54) is 0 Å². The summed E-state index contributed by atoms with van der Waals surface area (Å²) in [5.74, 6) is 2.57. The number of ether oxygens (including phenoxy) is 2. The Morgan fingerprint density at radius 1 is 1.10 bits per heavy atom. The Morgan fingerprint density at radius 2 is 1.71 bits per heavy atom. The third-order valence-electron chi connectivity index (χ3n) is 4.49. The van der Waals surface area contributed by atoms with Crippen molar-refractivity contribution in [1.29, 1.82) is 0 Å². The minimum absolute atomic E-state index is 0.155. The third-order valence-corrected chi connectivity index (χ3v) is 5.15. The predicted octanol–water partition coefficient (Wildman–Crippen LogP) is 4.62. The molecule has 0 saturated heterocycles. The Hall–Kier alpha value is -1.03. The van der Waals surface area contributed by atoms with Crippen molar-refractivity contribution in [3.8, 4) is 11.5 Å². The zero-order valence-corrected chi connectivity index (χ0v) is 13.9. The van der Waals surface area contributed by atoms with Crippen molar-refractivity contribution >= 4 is 21.7 Å². The van der Waals surface area contributed by atoms with Gasteiger partial charge in [-0.2, -0.15) is 0 Å².